The van der Waals surface area contributed by atoms with Gasteiger partial charge < -0.3 is 5.32 Å². The van der Waals surface area contributed by atoms with Gasteiger partial charge in [0.05, 0.1) is 13.1 Å². The molecule has 0 saturated carbocycles. The molecule has 1 amide bonds. The Hall–Kier alpha value is -0.670. The van der Waals surface area contributed by atoms with E-state index in [2.05, 4.69) is 5.32 Å². The summed E-state index contributed by atoms with van der Waals surface area (Å²) in [7, 11) is 0. The van der Waals surface area contributed by atoms with Crippen LogP contribution in [0.15, 0.2) is 0 Å². The molecule has 0 aliphatic heterocycles. The van der Waals surface area contributed by atoms with Crippen molar-refractivity contribution in [3.63, 3.8) is 0 Å². The Bertz CT molecular complexity index is 87.0. The van der Waals surface area contributed by atoms with Crippen LogP contribution in [0.5, 0.6) is 0 Å². The first kappa shape index (κ1) is 8.33. The number of rotatable bonds is 4. The van der Waals surface area contributed by atoms with E-state index in [4.69, 9.17) is 0 Å². The van der Waals surface area contributed by atoms with Crippen molar-refractivity contribution in [3.05, 3.63) is 0 Å². The third-order valence-electron chi connectivity index (χ3n) is 0.738. The fraction of sp³-hybridized carbons (Fsp3) is 0.800. The number of amides is 1. The quantitative estimate of drug-likeness (QED) is 0.598. The minimum atomic E-state index is -0.682. The lowest BCUT2D eigenvalue weighted by Crippen LogP contribution is -2.25. The van der Waals surface area contributed by atoms with E-state index in [9.17, 15) is 13.6 Å². The van der Waals surface area contributed by atoms with Crippen LogP contribution in [0.2, 0.25) is 0 Å². The summed E-state index contributed by atoms with van der Waals surface area (Å²) in [4.78, 5) is 10.3. The molecule has 0 rings (SSSR count). The summed E-state index contributed by atoms with van der Waals surface area (Å²) in [6.07, 6.45) is -0.167. The molecule has 0 unspecified atom stereocenters. The Kier molecular flexibility index (Phi) is 5.06. The molecule has 0 bridgehead atoms. The van der Waals surface area contributed by atoms with Crippen LogP contribution >= 0.6 is 0 Å². The summed E-state index contributed by atoms with van der Waals surface area (Å²) in [6.45, 7) is -1.30. The lowest BCUT2D eigenvalue weighted by Gasteiger charge is -1.97. The second-order valence-corrected chi connectivity index (χ2v) is 1.48. The van der Waals surface area contributed by atoms with Crippen LogP contribution in [-0.2, 0) is 4.79 Å². The SMILES string of the molecule is O=C(CCF)NCCF. The summed E-state index contributed by atoms with van der Waals surface area (Å²) >= 11 is 0. The van der Waals surface area contributed by atoms with Gasteiger partial charge in [-0.3, -0.25) is 9.18 Å². The van der Waals surface area contributed by atoms with E-state index < -0.39 is 19.3 Å². The van der Waals surface area contributed by atoms with Crippen LogP contribution in [0, 0.1) is 0 Å². The van der Waals surface area contributed by atoms with Gasteiger partial charge >= 0.3 is 0 Å². The zero-order valence-corrected chi connectivity index (χ0v) is 4.99. The van der Waals surface area contributed by atoms with Crippen molar-refractivity contribution >= 4 is 5.91 Å². The molecule has 0 saturated heterocycles. The maximum Gasteiger partial charge on any atom is 0.222 e. The van der Waals surface area contributed by atoms with Crippen molar-refractivity contribution in [1.82, 2.24) is 5.32 Å². The van der Waals surface area contributed by atoms with Gasteiger partial charge in [0.1, 0.15) is 6.67 Å². The lowest BCUT2D eigenvalue weighted by atomic mass is 10.4. The first-order valence-corrected chi connectivity index (χ1v) is 2.70. The van der Waals surface area contributed by atoms with Gasteiger partial charge in [-0.15, -0.1) is 0 Å². The lowest BCUT2D eigenvalue weighted by molar-refractivity contribution is -0.121. The maximum absolute atomic E-state index is 11.3. The molecular formula is C5H9F2NO. The maximum atomic E-state index is 11.3. The highest BCUT2D eigenvalue weighted by Crippen LogP contribution is 1.79. The van der Waals surface area contributed by atoms with Gasteiger partial charge in [-0.25, -0.2) is 4.39 Å². The zero-order valence-electron chi connectivity index (χ0n) is 4.99. The molecule has 0 aliphatic rings. The second-order valence-electron chi connectivity index (χ2n) is 1.48. The molecule has 0 heterocycles. The first-order chi connectivity index (χ1) is 4.31. The van der Waals surface area contributed by atoms with E-state index in [0.29, 0.717) is 0 Å². The Labute approximate surface area is 52.2 Å². The summed E-state index contributed by atoms with van der Waals surface area (Å²) in [5, 5.41) is 2.18. The number of carbonyl (C=O) groups is 1. The number of nitrogens with one attached hydrogen (secondary N) is 1. The van der Waals surface area contributed by atoms with Crippen molar-refractivity contribution in [2.45, 2.75) is 6.42 Å². The third kappa shape index (κ3) is 5.20. The Morgan fingerprint density at radius 2 is 2.00 bits per heavy atom. The Morgan fingerprint density at radius 3 is 2.44 bits per heavy atom. The van der Waals surface area contributed by atoms with E-state index in [1.54, 1.807) is 0 Å². The standard InChI is InChI=1S/C5H9F2NO/c6-2-1-5(9)8-4-3-7/h1-4H2,(H,8,9). The van der Waals surface area contributed by atoms with E-state index in [1.165, 1.54) is 0 Å². The molecule has 4 heteroatoms. The predicted octanol–water partition coefficient (Wildman–Crippen LogP) is 0.432. The molecule has 0 aromatic rings. The third-order valence-corrected chi connectivity index (χ3v) is 0.738. The molecule has 0 atom stereocenters. The number of hydrogen-bond donors (Lipinski definition) is 1. The molecule has 54 valence electrons. The molecule has 0 aromatic heterocycles. The van der Waals surface area contributed by atoms with E-state index in [0.717, 1.165) is 0 Å². The molecule has 0 spiro atoms. The molecule has 2 nitrogen and oxygen atoms in total. The molecular weight excluding hydrogens is 128 g/mol. The molecule has 9 heavy (non-hydrogen) atoms. The highest BCUT2D eigenvalue weighted by atomic mass is 19.1. The fourth-order valence-electron chi connectivity index (χ4n) is 0.361. The van der Waals surface area contributed by atoms with E-state index in [1.807, 2.05) is 0 Å². The van der Waals surface area contributed by atoms with Crippen LogP contribution in [0.1, 0.15) is 6.42 Å². The van der Waals surface area contributed by atoms with Crippen molar-refractivity contribution in [1.29, 1.82) is 0 Å². The van der Waals surface area contributed by atoms with Gasteiger partial charge in [0, 0.05) is 6.54 Å². The Balaban J connectivity index is 3.06. The summed E-state index contributed by atoms with van der Waals surface area (Å²) in [5.41, 5.74) is 0. The van der Waals surface area contributed by atoms with Crippen molar-refractivity contribution in [3.8, 4) is 0 Å². The van der Waals surface area contributed by atoms with Crippen LogP contribution in [0.25, 0.3) is 0 Å². The monoisotopic (exact) mass is 137 g/mol. The average molecular weight is 137 g/mol. The van der Waals surface area contributed by atoms with Crippen LogP contribution < -0.4 is 5.32 Å². The molecule has 0 aliphatic carbocycles. The van der Waals surface area contributed by atoms with Crippen LogP contribution in [0.4, 0.5) is 8.78 Å². The van der Waals surface area contributed by atoms with Crippen molar-refractivity contribution in [2.24, 2.45) is 0 Å². The molecule has 0 radical (unpaired) electrons. The number of hydrogen-bond acceptors (Lipinski definition) is 1. The summed E-state index contributed by atoms with van der Waals surface area (Å²) in [5.74, 6) is -0.435. The number of carbonyl (C=O) groups excluding carboxylic acids is 1. The van der Waals surface area contributed by atoms with Gasteiger partial charge in [0.2, 0.25) is 5.91 Å². The minimum Gasteiger partial charge on any atom is -0.353 e. The number of halogens is 2. The molecule has 0 aromatic carbocycles. The van der Waals surface area contributed by atoms with Gasteiger partial charge in [0.25, 0.3) is 0 Å². The molecule has 0 fully saturated rings. The summed E-state index contributed by atoms with van der Waals surface area (Å²) < 4.78 is 22.6. The highest BCUT2D eigenvalue weighted by Gasteiger charge is 1.96. The van der Waals surface area contributed by atoms with E-state index >= 15 is 0 Å². The van der Waals surface area contributed by atoms with E-state index in [-0.39, 0.29) is 13.0 Å². The largest absolute Gasteiger partial charge is 0.353 e. The van der Waals surface area contributed by atoms with Gasteiger partial charge in [-0.1, -0.05) is 0 Å². The first-order valence-electron chi connectivity index (χ1n) is 2.70. The normalized spacial score (nSPS) is 9.11. The van der Waals surface area contributed by atoms with Gasteiger partial charge in [0.15, 0.2) is 0 Å². The summed E-state index contributed by atoms with van der Waals surface area (Å²) in [6, 6.07) is 0. The predicted molar refractivity (Wildman–Crippen MR) is 29.6 cm³/mol. The number of alkyl halides is 2. The van der Waals surface area contributed by atoms with Crippen LogP contribution in [0.3, 0.4) is 0 Å². The topological polar surface area (TPSA) is 29.1 Å². The van der Waals surface area contributed by atoms with Gasteiger partial charge in [-0.2, -0.15) is 0 Å². The zero-order chi connectivity index (χ0) is 7.11. The van der Waals surface area contributed by atoms with Gasteiger partial charge in [-0.05, 0) is 0 Å². The average Bonchev–Trinajstić information content (AvgIpc) is 1.85. The smallest absolute Gasteiger partial charge is 0.222 e. The Morgan fingerprint density at radius 1 is 1.33 bits per heavy atom. The highest BCUT2D eigenvalue weighted by molar-refractivity contribution is 5.75. The molecule has 1 N–H and O–H groups in total. The van der Waals surface area contributed by atoms with Crippen molar-refractivity contribution < 1.29 is 13.6 Å². The second kappa shape index (κ2) is 5.47. The fourth-order valence-corrected chi connectivity index (χ4v) is 0.361. The minimum absolute atomic E-state index is 0.0150. The van der Waals surface area contributed by atoms with Crippen LogP contribution in [-0.4, -0.2) is 25.8 Å². The van der Waals surface area contributed by atoms with Crippen molar-refractivity contribution in [2.75, 3.05) is 19.9 Å².